The van der Waals surface area contributed by atoms with Crippen molar-refractivity contribution in [2.45, 2.75) is 12.8 Å². The maximum Gasteiger partial charge on any atom is 0.313 e. The lowest BCUT2D eigenvalue weighted by atomic mass is 10.4. The van der Waals surface area contributed by atoms with Crippen LogP contribution in [-0.4, -0.2) is 5.97 Å². The molecule has 4 heteroatoms. The number of hydrogen-bond donors (Lipinski definition) is 0. The second kappa shape index (κ2) is 6.09. The number of esters is 1. The van der Waals surface area contributed by atoms with Crippen LogP contribution in [0, 0.1) is 5.92 Å². The molecule has 0 unspecified atom stereocenters. The molecule has 1 aliphatic carbocycles. The Morgan fingerprint density at radius 2 is 1.92 bits per heavy atom. The zero-order valence-electron chi connectivity index (χ0n) is 6.56. The summed E-state index contributed by atoms with van der Waals surface area (Å²) in [6.45, 7) is 6.35. The van der Waals surface area contributed by atoms with Crippen molar-refractivity contribution >= 4 is 29.2 Å². The first kappa shape index (κ1) is 11.5. The van der Waals surface area contributed by atoms with Crippen LogP contribution >= 0.6 is 23.2 Å². The second-order valence-corrected chi connectivity index (χ2v) is 3.32. The highest BCUT2D eigenvalue weighted by molar-refractivity contribution is 6.55. The first-order valence-corrected chi connectivity index (χ1v) is 4.14. The molecule has 0 radical (unpaired) electrons. The molecule has 0 N–H and O–H groups in total. The van der Waals surface area contributed by atoms with E-state index in [0.717, 1.165) is 12.8 Å². The highest BCUT2D eigenvalue weighted by Crippen LogP contribution is 2.29. The van der Waals surface area contributed by atoms with Gasteiger partial charge in [-0.25, -0.2) is 0 Å². The smallest absolute Gasteiger partial charge is 0.313 e. The van der Waals surface area contributed by atoms with Crippen LogP contribution in [-0.2, 0) is 9.53 Å². The predicted octanol–water partition coefficient (Wildman–Crippen LogP) is 3.02. The van der Waals surface area contributed by atoms with E-state index in [1.54, 1.807) is 0 Å². The Balaban J connectivity index is 0.000000261. The molecular weight excluding hydrogens is 199 g/mol. The fourth-order valence-corrected chi connectivity index (χ4v) is 0.497. The zero-order valence-corrected chi connectivity index (χ0v) is 8.07. The monoisotopic (exact) mass is 208 g/mol. The van der Waals surface area contributed by atoms with Crippen molar-refractivity contribution in [1.82, 2.24) is 0 Å². The van der Waals surface area contributed by atoms with E-state index in [1.165, 1.54) is 6.26 Å². The SMILES string of the molecule is C=C(Cl)Cl.C=COC(=O)C1CC1. The number of hydrogen-bond acceptors (Lipinski definition) is 2. The molecule has 0 saturated heterocycles. The van der Waals surface area contributed by atoms with Crippen LogP contribution in [0.1, 0.15) is 12.8 Å². The maximum atomic E-state index is 10.5. The van der Waals surface area contributed by atoms with Gasteiger partial charge in [-0.15, -0.1) is 0 Å². The number of rotatable bonds is 2. The molecule has 2 nitrogen and oxygen atoms in total. The zero-order chi connectivity index (χ0) is 9.56. The van der Waals surface area contributed by atoms with Crippen LogP contribution < -0.4 is 0 Å². The van der Waals surface area contributed by atoms with Gasteiger partial charge in [0.25, 0.3) is 0 Å². The molecule has 12 heavy (non-hydrogen) atoms. The minimum Gasteiger partial charge on any atom is -0.435 e. The highest BCUT2D eigenvalue weighted by Gasteiger charge is 2.30. The molecule has 0 aromatic rings. The Kier molecular flexibility index (Phi) is 5.85. The van der Waals surface area contributed by atoms with Gasteiger partial charge in [-0.3, -0.25) is 4.79 Å². The normalized spacial score (nSPS) is 13.8. The largest absolute Gasteiger partial charge is 0.435 e. The average molecular weight is 209 g/mol. The van der Waals surface area contributed by atoms with E-state index in [2.05, 4.69) is 17.9 Å². The van der Waals surface area contributed by atoms with Crippen LogP contribution in [0.3, 0.4) is 0 Å². The first-order chi connectivity index (χ1) is 5.57. The molecule has 1 saturated carbocycles. The van der Waals surface area contributed by atoms with Crippen LogP contribution in [0.25, 0.3) is 0 Å². The predicted molar refractivity (Wildman–Crippen MR) is 49.9 cm³/mol. The third kappa shape index (κ3) is 7.63. The van der Waals surface area contributed by atoms with Crippen molar-refractivity contribution in [3.8, 4) is 0 Å². The standard InChI is InChI=1S/C6H8O2.C2H2Cl2/c1-2-8-6(7)5-3-4-5;1-2(3)4/h2,5H,1,3-4H2;1H2. The van der Waals surface area contributed by atoms with Crippen molar-refractivity contribution < 1.29 is 9.53 Å². The minimum absolute atomic E-state index is 0.111. The fourth-order valence-electron chi connectivity index (χ4n) is 0.497. The van der Waals surface area contributed by atoms with E-state index in [4.69, 9.17) is 23.2 Å². The number of carbonyl (C=O) groups is 1. The van der Waals surface area contributed by atoms with Crippen molar-refractivity contribution in [1.29, 1.82) is 0 Å². The van der Waals surface area contributed by atoms with Gasteiger partial charge in [0.2, 0.25) is 0 Å². The van der Waals surface area contributed by atoms with E-state index in [-0.39, 0.29) is 16.4 Å². The summed E-state index contributed by atoms with van der Waals surface area (Å²) in [5, 5.41) is 0. The molecule has 0 atom stereocenters. The molecule has 0 aliphatic heterocycles. The molecule has 0 bridgehead atoms. The molecule has 0 aromatic heterocycles. The Labute approximate surface area is 81.8 Å². The topological polar surface area (TPSA) is 26.3 Å². The summed E-state index contributed by atoms with van der Waals surface area (Å²) in [7, 11) is 0. The summed E-state index contributed by atoms with van der Waals surface area (Å²) in [6, 6.07) is 0. The van der Waals surface area contributed by atoms with E-state index in [9.17, 15) is 4.79 Å². The van der Waals surface area contributed by atoms with Gasteiger partial charge < -0.3 is 4.74 Å². The maximum absolute atomic E-state index is 10.5. The molecule has 0 heterocycles. The summed E-state index contributed by atoms with van der Waals surface area (Å²) in [6.07, 6.45) is 3.17. The Morgan fingerprint density at radius 1 is 1.50 bits per heavy atom. The summed E-state index contributed by atoms with van der Waals surface area (Å²) in [5.74, 6) is 0.0630. The van der Waals surface area contributed by atoms with Gasteiger partial charge in [-0.2, -0.15) is 0 Å². The van der Waals surface area contributed by atoms with Crippen molar-refractivity contribution in [2.75, 3.05) is 0 Å². The van der Waals surface area contributed by atoms with E-state index < -0.39 is 0 Å². The molecule has 1 aliphatic rings. The van der Waals surface area contributed by atoms with Crippen LogP contribution in [0.5, 0.6) is 0 Å². The van der Waals surface area contributed by atoms with Gasteiger partial charge in [-0.05, 0) is 12.8 Å². The molecule has 68 valence electrons. The van der Waals surface area contributed by atoms with E-state index in [0.29, 0.717) is 0 Å². The van der Waals surface area contributed by atoms with Crippen LogP contribution in [0.2, 0.25) is 0 Å². The molecule has 0 amide bonds. The lowest BCUT2D eigenvalue weighted by Crippen LogP contribution is -2.00. The Bertz CT molecular complexity index is 181. The lowest BCUT2D eigenvalue weighted by molar-refractivity contribution is -0.139. The van der Waals surface area contributed by atoms with Gasteiger partial charge in [0.15, 0.2) is 0 Å². The third-order valence-electron chi connectivity index (χ3n) is 1.11. The van der Waals surface area contributed by atoms with Crippen molar-refractivity contribution in [2.24, 2.45) is 5.92 Å². The summed E-state index contributed by atoms with van der Waals surface area (Å²) in [5.41, 5.74) is 0. The van der Waals surface area contributed by atoms with Crippen molar-refractivity contribution in [3.63, 3.8) is 0 Å². The van der Waals surface area contributed by atoms with Gasteiger partial charge in [-0.1, -0.05) is 36.4 Å². The van der Waals surface area contributed by atoms with E-state index in [1.807, 2.05) is 0 Å². The summed E-state index contributed by atoms with van der Waals surface area (Å²) in [4.78, 5) is 10.5. The Morgan fingerprint density at radius 3 is 2.17 bits per heavy atom. The van der Waals surface area contributed by atoms with Crippen molar-refractivity contribution in [3.05, 3.63) is 23.9 Å². The average Bonchev–Trinajstić information content (AvgIpc) is 2.66. The molecule has 0 spiro atoms. The van der Waals surface area contributed by atoms with Gasteiger partial charge in [0.1, 0.15) is 0 Å². The Hall–Kier alpha value is -0.470. The van der Waals surface area contributed by atoms with Crippen LogP contribution in [0.4, 0.5) is 0 Å². The quantitative estimate of drug-likeness (QED) is 0.516. The summed E-state index contributed by atoms with van der Waals surface area (Å²) >= 11 is 9.69. The van der Waals surface area contributed by atoms with E-state index >= 15 is 0 Å². The molecule has 0 aromatic carbocycles. The fraction of sp³-hybridized carbons (Fsp3) is 0.375. The van der Waals surface area contributed by atoms with Gasteiger partial charge in [0.05, 0.1) is 16.7 Å². The summed E-state index contributed by atoms with van der Waals surface area (Å²) < 4.78 is 4.60. The molecular formula is C8H10Cl2O2. The van der Waals surface area contributed by atoms with Gasteiger partial charge >= 0.3 is 5.97 Å². The first-order valence-electron chi connectivity index (χ1n) is 3.39. The highest BCUT2D eigenvalue weighted by atomic mass is 35.5. The molecule has 1 fully saturated rings. The van der Waals surface area contributed by atoms with Crippen LogP contribution in [0.15, 0.2) is 23.9 Å². The number of halogens is 2. The number of carbonyl (C=O) groups excluding carboxylic acids is 1. The molecule has 1 rings (SSSR count). The lowest BCUT2D eigenvalue weighted by Gasteiger charge is -1.90. The van der Waals surface area contributed by atoms with Gasteiger partial charge in [0, 0.05) is 0 Å². The minimum atomic E-state index is -0.125. The second-order valence-electron chi connectivity index (χ2n) is 2.22. The number of ether oxygens (including phenoxy) is 1. The third-order valence-corrected chi connectivity index (χ3v) is 1.11.